The van der Waals surface area contributed by atoms with Gasteiger partial charge >= 0.3 is 69.9 Å². The molecule has 0 N–H and O–H groups in total. The van der Waals surface area contributed by atoms with Crippen LogP contribution in [0.3, 0.4) is 0 Å². The molecule has 0 saturated carbocycles. The summed E-state index contributed by atoms with van der Waals surface area (Å²) in [6, 6.07) is 5.11. The fraction of sp³-hybridized carbons (Fsp3) is 0.143. The van der Waals surface area contributed by atoms with E-state index in [1.165, 1.54) is 6.07 Å². The van der Waals surface area contributed by atoms with Crippen LogP contribution in [0.15, 0.2) is 24.3 Å². The molecule has 0 radical (unpaired) electrons. The van der Waals surface area contributed by atoms with Crippen LogP contribution in [0.5, 0.6) is 0 Å². The Morgan fingerprint density at radius 1 is 1.08 bits per heavy atom. The van der Waals surface area contributed by atoms with Gasteiger partial charge in [-0.25, -0.2) is 0 Å². The monoisotopic (exact) mass is 330 g/mol. The number of alkyl halides is 3. The molecule has 0 heterocycles. The zero-order valence-corrected chi connectivity index (χ0v) is 10.6. The van der Waals surface area contributed by atoms with Crippen LogP contribution in [0.4, 0.5) is 13.2 Å². The molecule has 0 amide bonds. The van der Waals surface area contributed by atoms with Crippen molar-refractivity contribution in [3.63, 3.8) is 0 Å². The Balaban J connectivity index is 0. The Kier molecular flexibility index (Phi) is 7.45. The smallest absolute Gasteiger partial charge is 1.00 e. The third kappa shape index (κ3) is 5.06. The summed E-state index contributed by atoms with van der Waals surface area (Å²) in [6.07, 6.45) is -4.23. The Labute approximate surface area is 103 Å². The molecular formula is C7H4AlBr2F3. The third-order valence-electron chi connectivity index (χ3n) is 1.21. The Hall–Kier alpha value is 0.502. The number of halogens is 5. The predicted molar refractivity (Wildman–Crippen MR) is 36.8 cm³/mol. The topological polar surface area (TPSA) is 0 Å². The molecule has 0 spiro atoms. The van der Waals surface area contributed by atoms with Crippen molar-refractivity contribution >= 4 is 20.7 Å². The Morgan fingerprint density at radius 2 is 1.62 bits per heavy atom. The molecule has 0 saturated heterocycles. The molecule has 0 aliphatic rings. The maximum Gasteiger partial charge on any atom is -1.00 e. The molecule has 0 aliphatic carbocycles. The Morgan fingerprint density at radius 3 is 1.92 bits per heavy atom. The summed E-state index contributed by atoms with van der Waals surface area (Å²) in [6.45, 7) is 0. The molecule has 0 bridgehead atoms. The van der Waals surface area contributed by atoms with Crippen molar-refractivity contribution in [1.29, 1.82) is 0 Å². The normalized spacial score (nSPS) is 9.92. The second-order valence-electron chi connectivity index (χ2n) is 2.12. The predicted octanol–water partition coefficient (Wildman–Crippen LogP) is -4.49. The third-order valence-corrected chi connectivity index (χ3v) is 1.57. The molecule has 0 nitrogen and oxygen atoms in total. The number of rotatable bonds is 0. The number of benzene rings is 1. The van der Waals surface area contributed by atoms with E-state index in [0.29, 0.717) is 4.43 Å². The van der Waals surface area contributed by atoms with E-state index in [-0.39, 0.29) is 34.0 Å². The molecule has 0 fully saturated rings. The van der Waals surface area contributed by atoms with E-state index < -0.39 is 11.7 Å². The molecule has 70 valence electrons. The van der Waals surface area contributed by atoms with Crippen LogP contribution in [0.2, 0.25) is 0 Å². The van der Waals surface area contributed by atoms with Gasteiger partial charge in [-0.2, -0.15) is 0 Å². The molecule has 1 aromatic carbocycles. The fourth-order valence-electron chi connectivity index (χ4n) is 0.715. The van der Waals surface area contributed by atoms with Crippen LogP contribution < -0.4 is 38.4 Å². The van der Waals surface area contributed by atoms with Crippen molar-refractivity contribution in [3.05, 3.63) is 29.8 Å². The van der Waals surface area contributed by atoms with Gasteiger partial charge in [0.2, 0.25) is 0 Å². The van der Waals surface area contributed by atoms with E-state index >= 15 is 0 Å². The summed E-state index contributed by atoms with van der Waals surface area (Å²) in [7, 11) is 0. The van der Waals surface area contributed by atoms with Gasteiger partial charge < -0.3 is 34.0 Å². The van der Waals surface area contributed by atoms with Crippen molar-refractivity contribution in [2.45, 2.75) is 6.18 Å². The van der Waals surface area contributed by atoms with Gasteiger partial charge in [0.05, 0.1) is 0 Å². The zero-order valence-electron chi connectivity index (χ0n) is 6.28. The molecule has 1 rings (SSSR count). The van der Waals surface area contributed by atoms with Gasteiger partial charge in [-0.1, -0.05) is 0 Å². The molecular weight excluding hydrogens is 328 g/mol. The molecule has 6 heteroatoms. The van der Waals surface area contributed by atoms with E-state index in [2.05, 4.69) is 16.3 Å². The summed E-state index contributed by atoms with van der Waals surface area (Å²) < 4.78 is 36.4. The molecule has 13 heavy (non-hydrogen) atoms. The quantitative estimate of drug-likeness (QED) is 0.421. The van der Waals surface area contributed by atoms with E-state index in [4.69, 9.17) is 0 Å². The summed E-state index contributed by atoms with van der Waals surface area (Å²) in [4.78, 5) is 0. The number of hydrogen-bond donors (Lipinski definition) is 0. The van der Waals surface area contributed by atoms with Crippen LogP contribution in [0, 0.1) is 0 Å². The van der Waals surface area contributed by atoms with Gasteiger partial charge in [-0.3, -0.25) is 0 Å². The van der Waals surface area contributed by atoms with Gasteiger partial charge in [0, 0.05) is 0 Å². The van der Waals surface area contributed by atoms with Gasteiger partial charge in [0.25, 0.3) is 0 Å². The van der Waals surface area contributed by atoms with Crippen molar-refractivity contribution in [2.24, 2.45) is 0 Å². The summed E-state index contributed by atoms with van der Waals surface area (Å²) in [5, 5.41) is 0. The SMILES string of the molecule is FC(F)(F)c1ccc[c]([Al+2])c1.[Br-].[Br-]. The first kappa shape index (κ1) is 16.0. The zero-order chi connectivity index (χ0) is 8.48. The van der Waals surface area contributed by atoms with Crippen LogP contribution in [-0.4, -0.2) is 16.3 Å². The van der Waals surface area contributed by atoms with Crippen LogP contribution in [0.25, 0.3) is 0 Å². The maximum atomic E-state index is 12.0. The summed E-state index contributed by atoms with van der Waals surface area (Å²) in [5.41, 5.74) is -0.606. The first-order valence-electron chi connectivity index (χ1n) is 2.93. The minimum atomic E-state index is -4.23. The van der Waals surface area contributed by atoms with Gasteiger partial charge in [-0.05, 0) is 0 Å². The second-order valence-corrected chi connectivity index (χ2v) is 2.79. The minimum Gasteiger partial charge on any atom is -1.00 e. The molecule has 1 aromatic rings. The van der Waals surface area contributed by atoms with Gasteiger partial charge in [0.15, 0.2) is 0 Å². The minimum absolute atomic E-state index is 0. The van der Waals surface area contributed by atoms with Gasteiger partial charge in [0.1, 0.15) is 0 Å². The molecule has 0 unspecified atom stereocenters. The van der Waals surface area contributed by atoms with E-state index in [1.807, 2.05) is 0 Å². The summed E-state index contributed by atoms with van der Waals surface area (Å²) >= 11 is 2.22. The van der Waals surface area contributed by atoms with Crippen molar-refractivity contribution in [2.75, 3.05) is 0 Å². The largest absolute Gasteiger partial charge is 1.00 e. The molecule has 0 aliphatic heterocycles. The average Bonchev–Trinajstić information content (AvgIpc) is 1.86. The van der Waals surface area contributed by atoms with Crippen LogP contribution in [-0.2, 0) is 6.18 Å². The average molecular weight is 332 g/mol. The van der Waals surface area contributed by atoms with E-state index in [1.54, 1.807) is 6.07 Å². The van der Waals surface area contributed by atoms with Crippen molar-refractivity contribution < 1.29 is 47.1 Å². The van der Waals surface area contributed by atoms with E-state index in [9.17, 15) is 13.2 Å². The van der Waals surface area contributed by atoms with Crippen LogP contribution in [0.1, 0.15) is 5.56 Å². The Bertz CT molecular complexity index is 262. The van der Waals surface area contributed by atoms with Gasteiger partial charge in [-0.15, -0.1) is 0 Å². The maximum absolute atomic E-state index is 12.0. The second kappa shape index (κ2) is 6.07. The first-order chi connectivity index (χ1) is 5.00. The molecule has 0 atom stereocenters. The standard InChI is InChI=1S/C7H4F3.Al.2BrH/c8-7(9,10)6-4-2-1-3-5-6;;;/h1-2,4-5H;;2*1H/q;+2;;/p-2. The molecule has 0 aromatic heterocycles. The van der Waals surface area contributed by atoms with Crippen LogP contribution >= 0.6 is 0 Å². The van der Waals surface area contributed by atoms with E-state index in [0.717, 1.165) is 12.1 Å². The first-order valence-corrected chi connectivity index (χ1v) is 3.50. The summed E-state index contributed by atoms with van der Waals surface area (Å²) in [5.74, 6) is 0. The van der Waals surface area contributed by atoms with Crippen molar-refractivity contribution in [1.82, 2.24) is 0 Å². The number of hydrogen-bond acceptors (Lipinski definition) is 0. The van der Waals surface area contributed by atoms with Crippen molar-refractivity contribution in [3.8, 4) is 0 Å². The fourth-order valence-corrected chi connectivity index (χ4v) is 1.01.